The SMILES string of the molecule is O=C(O)C1Cc2cc(C(CNS(=O)(=O)c3ccc(Cl)cc3)=NO)ccc2O1. The van der Waals surface area contributed by atoms with Crippen molar-refractivity contribution in [2.45, 2.75) is 17.4 Å². The molecule has 27 heavy (non-hydrogen) atoms. The lowest BCUT2D eigenvalue weighted by Crippen LogP contribution is -2.30. The summed E-state index contributed by atoms with van der Waals surface area (Å²) in [7, 11) is -3.82. The molecule has 0 aromatic heterocycles. The van der Waals surface area contributed by atoms with Gasteiger partial charge in [0.15, 0.2) is 6.10 Å². The third kappa shape index (κ3) is 4.21. The Balaban J connectivity index is 1.75. The second-order valence-electron chi connectivity index (χ2n) is 5.80. The molecule has 3 N–H and O–H groups in total. The lowest BCUT2D eigenvalue weighted by Gasteiger charge is -2.09. The van der Waals surface area contributed by atoms with E-state index in [2.05, 4.69) is 9.88 Å². The molecule has 2 aromatic rings. The molecule has 8 nitrogen and oxygen atoms in total. The second kappa shape index (κ2) is 7.55. The zero-order chi connectivity index (χ0) is 19.6. The van der Waals surface area contributed by atoms with Crippen molar-refractivity contribution in [3.05, 3.63) is 58.6 Å². The van der Waals surface area contributed by atoms with Crippen molar-refractivity contribution in [3.8, 4) is 5.75 Å². The summed E-state index contributed by atoms with van der Waals surface area (Å²) in [5.41, 5.74) is 1.17. The molecule has 1 heterocycles. The van der Waals surface area contributed by atoms with Crippen LogP contribution >= 0.6 is 11.6 Å². The van der Waals surface area contributed by atoms with Crippen LogP contribution in [0.15, 0.2) is 52.5 Å². The minimum Gasteiger partial charge on any atom is -0.478 e. The van der Waals surface area contributed by atoms with E-state index in [1.54, 1.807) is 18.2 Å². The number of benzene rings is 2. The van der Waals surface area contributed by atoms with Crippen LogP contribution in [0, 0.1) is 0 Å². The maximum atomic E-state index is 12.3. The lowest BCUT2D eigenvalue weighted by atomic mass is 10.0. The molecule has 142 valence electrons. The van der Waals surface area contributed by atoms with E-state index in [4.69, 9.17) is 21.4 Å². The van der Waals surface area contributed by atoms with E-state index in [-0.39, 0.29) is 23.6 Å². The van der Waals surface area contributed by atoms with Crippen molar-refractivity contribution in [3.63, 3.8) is 0 Å². The highest BCUT2D eigenvalue weighted by molar-refractivity contribution is 7.89. The summed E-state index contributed by atoms with van der Waals surface area (Å²) in [6.45, 7) is -0.260. The molecule has 1 aliphatic heterocycles. The van der Waals surface area contributed by atoms with Crippen LogP contribution in [0.3, 0.4) is 0 Å². The van der Waals surface area contributed by atoms with Gasteiger partial charge in [-0.3, -0.25) is 0 Å². The molecule has 0 amide bonds. The molecule has 0 spiro atoms. The zero-order valence-corrected chi connectivity index (χ0v) is 15.4. The molecule has 10 heteroatoms. The molecular formula is C17H15ClN2O6S. The number of fused-ring (bicyclic) bond motifs is 1. The van der Waals surface area contributed by atoms with Crippen molar-refractivity contribution in [2.24, 2.45) is 5.16 Å². The molecule has 0 saturated carbocycles. The number of hydrogen-bond acceptors (Lipinski definition) is 6. The summed E-state index contributed by atoms with van der Waals surface area (Å²) in [5.74, 6) is -0.635. The van der Waals surface area contributed by atoms with Gasteiger partial charge in [0.25, 0.3) is 0 Å². The van der Waals surface area contributed by atoms with E-state index in [1.165, 1.54) is 24.3 Å². The monoisotopic (exact) mass is 410 g/mol. The maximum Gasteiger partial charge on any atom is 0.345 e. The van der Waals surface area contributed by atoms with Crippen LogP contribution in [-0.2, 0) is 21.2 Å². The van der Waals surface area contributed by atoms with Gasteiger partial charge in [-0.2, -0.15) is 0 Å². The molecule has 0 radical (unpaired) electrons. The van der Waals surface area contributed by atoms with Crippen molar-refractivity contribution < 1.29 is 28.3 Å². The van der Waals surface area contributed by atoms with Gasteiger partial charge in [-0.25, -0.2) is 17.9 Å². The van der Waals surface area contributed by atoms with Gasteiger partial charge in [-0.15, -0.1) is 0 Å². The summed E-state index contributed by atoms with van der Waals surface area (Å²) < 4.78 is 32.3. The molecule has 1 atom stereocenters. The summed E-state index contributed by atoms with van der Waals surface area (Å²) in [5, 5.41) is 21.9. The number of ether oxygens (including phenoxy) is 1. The Bertz CT molecular complexity index is 1000. The molecule has 0 bridgehead atoms. The number of hydrogen-bond donors (Lipinski definition) is 3. The Morgan fingerprint density at radius 1 is 1.26 bits per heavy atom. The number of nitrogens with one attached hydrogen (secondary N) is 1. The zero-order valence-electron chi connectivity index (χ0n) is 13.8. The number of carboxylic acid groups (broad SMARTS) is 1. The third-order valence-electron chi connectivity index (χ3n) is 4.02. The summed E-state index contributed by atoms with van der Waals surface area (Å²) in [6, 6.07) is 10.4. The quantitative estimate of drug-likeness (QED) is 0.379. The largest absolute Gasteiger partial charge is 0.478 e. The van der Waals surface area contributed by atoms with E-state index in [0.717, 1.165) is 0 Å². The van der Waals surface area contributed by atoms with Gasteiger partial charge in [0.1, 0.15) is 11.5 Å². The van der Waals surface area contributed by atoms with Gasteiger partial charge >= 0.3 is 5.97 Å². The van der Waals surface area contributed by atoms with Gasteiger partial charge in [0.2, 0.25) is 10.0 Å². The summed E-state index contributed by atoms with van der Waals surface area (Å²) in [4.78, 5) is 11.1. The number of halogens is 1. The van der Waals surface area contributed by atoms with Crippen LogP contribution in [0.5, 0.6) is 5.75 Å². The Morgan fingerprint density at radius 2 is 1.96 bits per heavy atom. The smallest absolute Gasteiger partial charge is 0.345 e. The van der Waals surface area contributed by atoms with Gasteiger partial charge in [0, 0.05) is 17.0 Å². The molecule has 0 aliphatic carbocycles. The highest BCUT2D eigenvalue weighted by atomic mass is 35.5. The third-order valence-corrected chi connectivity index (χ3v) is 5.69. The number of aliphatic carboxylic acids is 1. The number of sulfonamides is 1. The lowest BCUT2D eigenvalue weighted by molar-refractivity contribution is -0.144. The molecule has 0 saturated heterocycles. The first kappa shape index (κ1) is 19.2. The van der Waals surface area contributed by atoms with E-state index in [9.17, 15) is 18.4 Å². The van der Waals surface area contributed by atoms with Crippen LogP contribution in [-0.4, -0.2) is 43.1 Å². The van der Waals surface area contributed by atoms with E-state index >= 15 is 0 Å². The topological polar surface area (TPSA) is 125 Å². The normalized spacial score (nSPS) is 16.6. The molecule has 0 fully saturated rings. The summed E-state index contributed by atoms with van der Waals surface area (Å²) in [6.07, 6.45) is -0.790. The van der Waals surface area contributed by atoms with E-state index < -0.39 is 22.1 Å². The fourth-order valence-electron chi connectivity index (χ4n) is 2.62. The van der Waals surface area contributed by atoms with Crippen LogP contribution < -0.4 is 9.46 Å². The maximum absolute atomic E-state index is 12.3. The predicted molar refractivity (Wildman–Crippen MR) is 97.2 cm³/mol. The number of nitrogens with zero attached hydrogens (tertiary/aromatic N) is 1. The average Bonchev–Trinajstić information content (AvgIpc) is 3.06. The Kier molecular flexibility index (Phi) is 5.36. The van der Waals surface area contributed by atoms with Gasteiger partial charge < -0.3 is 15.1 Å². The molecule has 1 aliphatic rings. The molecular weight excluding hydrogens is 396 g/mol. The minimum atomic E-state index is -3.82. The van der Waals surface area contributed by atoms with Crippen LogP contribution in [0.25, 0.3) is 0 Å². The molecule has 2 aromatic carbocycles. The highest BCUT2D eigenvalue weighted by Crippen LogP contribution is 2.30. The fourth-order valence-corrected chi connectivity index (χ4v) is 3.74. The van der Waals surface area contributed by atoms with Crippen LogP contribution in [0.1, 0.15) is 11.1 Å². The molecule has 3 rings (SSSR count). The number of oxime groups is 1. The van der Waals surface area contributed by atoms with Gasteiger partial charge in [-0.1, -0.05) is 16.8 Å². The van der Waals surface area contributed by atoms with Crippen LogP contribution in [0.4, 0.5) is 0 Å². The second-order valence-corrected chi connectivity index (χ2v) is 8.00. The van der Waals surface area contributed by atoms with Crippen molar-refractivity contribution in [2.75, 3.05) is 6.54 Å². The fraction of sp³-hybridized carbons (Fsp3) is 0.176. The summed E-state index contributed by atoms with van der Waals surface area (Å²) >= 11 is 5.75. The van der Waals surface area contributed by atoms with Crippen molar-refractivity contribution in [1.82, 2.24) is 4.72 Å². The minimum absolute atomic E-state index is 0.0239. The van der Waals surface area contributed by atoms with E-state index in [0.29, 0.717) is 21.9 Å². The van der Waals surface area contributed by atoms with Crippen molar-refractivity contribution >= 4 is 33.3 Å². The van der Waals surface area contributed by atoms with Crippen LogP contribution in [0.2, 0.25) is 5.02 Å². The Morgan fingerprint density at radius 3 is 2.59 bits per heavy atom. The number of rotatable bonds is 6. The Hall–Kier alpha value is -2.62. The highest BCUT2D eigenvalue weighted by Gasteiger charge is 2.29. The Labute approximate surface area is 160 Å². The average molecular weight is 411 g/mol. The van der Waals surface area contributed by atoms with Gasteiger partial charge in [-0.05, 0) is 48.0 Å². The first-order chi connectivity index (χ1) is 12.8. The first-order valence-corrected chi connectivity index (χ1v) is 9.65. The predicted octanol–water partition coefficient (Wildman–Crippen LogP) is 1.88. The van der Waals surface area contributed by atoms with Crippen molar-refractivity contribution in [1.29, 1.82) is 0 Å². The molecule has 1 unspecified atom stereocenters. The van der Waals surface area contributed by atoms with Gasteiger partial charge in [0.05, 0.1) is 11.4 Å². The first-order valence-electron chi connectivity index (χ1n) is 7.79. The standard InChI is InChI=1S/C17H15ClN2O6S/c18-12-2-4-13(5-3-12)27(24,25)19-9-14(20-23)10-1-6-15-11(7-10)8-16(26-15)17(21)22/h1-7,16,19,23H,8-9H2,(H,21,22). The number of carbonyl (C=O) groups is 1. The number of carboxylic acids is 1. The van der Waals surface area contributed by atoms with E-state index in [1.807, 2.05) is 0 Å².